The predicted molar refractivity (Wildman–Crippen MR) is 155 cm³/mol. The number of rotatable bonds is 8. The third-order valence-corrected chi connectivity index (χ3v) is 7.26. The first-order valence-electron chi connectivity index (χ1n) is 11.8. The molecule has 1 aliphatic rings. The molecule has 0 bridgehead atoms. The summed E-state index contributed by atoms with van der Waals surface area (Å²) in [7, 11) is 0. The second kappa shape index (κ2) is 11.0. The highest BCUT2D eigenvalue weighted by Gasteiger charge is 2.32. The molecule has 0 aliphatic carbocycles. The highest BCUT2D eigenvalue weighted by atomic mass is 32.2. The maximum atomic E-state index is 13.4. The van der Waals surface area contributed by atoms with Gasteiger partial charge in [-0.2, -0.15) is 5.10 Å². The van der Waals surface area contributed by atoms with Crippen molar-refractivity contribution in [3.05, 3.63) is 119 Å². The molecule has 0 atom stereocenters. The van der Waals surface area contributed by atoms with Gasteiger partial charge in [-0.25, -0.2) is 4.68 Å². The van der Waals surface area contributed by atoms with Crippen LogP contribution in [-0.2, 0) is 11.3 Å². The molecule has 4 aromatic rings. The van der Waals surface area contributed by atoms with Gasteiger partial charge in [-0.1, -0.05) is 84.7 Å². The summed E-state index contributed by atoms with van der Waals surface area (Å²) < 4.78 is 8.01. The number of ether oxygens (including phenoxy) is 1. The Hall–Kier alpha value is -3.94. The molecular formula is C30H25N3O2S2. The van der Waals surface area contributed by atoms with E-state index in [2.05, 4.69) is 6.58 Å². The van der Waals surface area contributed by atoms with Crippen molar-refractivity contribution in [3.63, 3.8) is 0 Å². The molecule has 0 saturated carbocycles. The van der Waals surface area contributed by atoms with E-state index >= 15 is 0 Å². The Bertz CT molecular complexity index is 1470. The molecule has 2 heterocycles. The predicted octanol–water partition coefficient (Wildman–Crippen LogP) is 6.81. The molecule has 5 rings (SSSR count). The van der Waals surface area contributed by atoms with E-state index in [1.54, 1.807) is 11.0 Å². The molecule has 1 aromatic heterocycles. The summed E-state index contributed by atoms with van der Waals surface area (Å²) in [4.78, 5) is 15.6. The molecule has 1 amide bonds. The average Bonchev–Trinajstić information content (AvgIpc) is 3.46. The smallest absolute Gasteiger partial charge is 0.266 e. The number of hydrogen-bond acceptors (Lipinski definition) is 5. The molecule has 1 fully saturated rings. The quantitative estimate of drug-likeness (QED) is 0.144. The van der Waals surface area contributed by atoms with E-state index in [1.165, 1.54) is 17.3 Å². The SMILES string of the molecule is C=CCOc1ccc(-c2nn(-c3ccccc3)cc2/C=C2/SC(=S)N(Cc3ccc(C)cc3)C2=O)cc1. The van der Waals surface area contributed by atoms with Crippen LogP contribution in [0.4, 0.5) is 0 Å². The summed E-state index contributed by atoms with van der Waals surface area (Å²) in [6.45, 7) is 6.62. The van der Waals surface area contributed by atoms with Crippen LogP contribution in [0.1, 0.15) is 16.7 Å². The van der Waals surface area contributed by atoms with Crippen molar-refractivity contribution in [2.75, 3.05) is 6.61 Å². The van der Waals surface area contributed by atoms with Crippen LogP contribution < -0.4 is 4.74 Å². The maximum absolute atomic E-state index is 13.4. The van der Waals surface area contributed by atoms with Crippen molar-refractivity contribution in [2.24, 2.45) is 0 Å². The fourth-order valence-electron chi connectivity index (χ4n) is 3.95. The van der Waals surface area contributed by atoms with Crippen molar-refractivity contribution < 1.29 is 9.53 Å². The molecule has 0 N–H and O–H groups in total. The summed E-state index contributed by atoms with van der Waals surface area (Å²) in [5, 5.41) is 4.87. The van der Waals surface area contributed by atoms with Crippen LogP contribution in [0.3, 0.4) is 0 Å². The van der Waals surface area contributed by atoms with E-state index in [0.717, 1.165) is 33.8 Å². The highest BCUT2D eigenvalue weighted by Crippen LogP contribution is 2.36. The summed E-state index contributed by atoms with van der Waals surface area (Å²) in [5.74, 6) is 0.659. The maximum Gasteiger partial charge on any atom is 0.266 e. The fraction of sp³-hybridized carbons (Fsp3) is 0.100. The standard InChI is InChI=1S/C30H25N3O2S2/c1-3-17-35-26-15-13-23(14-16-26)28-24(20-33(31-28)25-7-5-4-6-8-25)18-27-29(34)32(30(36)37-27)19-22-11-9-21(2)10-12-22/h3-16,18,20H,1,17,19H2,2H3/b27-18+. The lowest BCUT2D eigenvalue weighted by molar-refractivity contribution is -0.122. The number of aryl methyl sites for hydroxylation is 1. The first kappa shape index (κ1) is 24.7. The molecule has 0 unspecified atom stereocenters. The van der Waals surface area contributed by atoms with Gasteiger partial charge in [0.05, 0.1) is 22.8 Å². The van der Waals surface area contributed by atoms with Crippen LogP contribution >= 0.6 is 24.0 Å². The largest absolute Gasteiger partial charge is 0.490 e. The Kier molecular flexibility index (Phi) is 7.35. The summed E-state index contributed by atoms with van der Waals surface area (Å²) in [6.07, 6.45) is 5.54. The highest BCUT2D eigenvalue weighted by molar-refractivity contribution is 8.26. The van der Waals surface area contributed by atoms with E-state index in [9.17, 15) is 4.79 Å². The second-order valence-electron chi connectivity index (χ2n) is 8.59. The first-order chi connectivity index (χ1) is 18.0. The Labute approximate surface area is 226 Å². The molecule has 37 heavy (non-hydrogen) atoms. The number of aromatic nitrogens is 2. The molecule has 184 valence electrons. The van der Waals surface area contributed by atoms with Gasteiger partial charge in [-0.15, -0.1) is 0 Å². The van der Waals surface area contributed by atoms with E-state index in [4.69, 9.17) is 22.1 Å². The number of benzene rings is 3. The zero-order chi connectivity index (χ0) is 25.8. The molecule has 5 nitrogen and oxygen atoms in total. The Morgan fingerprint density at radius 2 is 1.76 bits per heavy atom. The zero-order valence-corrected chi connectivity index (χ0v) is 22.0. The Morgan fingerprint density at radius 1 is 1.03 bits per heavy atom. The number of carbonyl (C=O) groups is 1. The van der Waals surface area contributed by atoms with Gasteiger partial charge >= 0.3 is 0 Å². The molecule has 0 radical (unpaired) electrons. The van der Waals surface area contributed by atoms with E-state index in [-0.39, 0.29) is 5.91 Å². The number of hydrogen-bond donors (Lipinski definition) is 0. The second-order valence-corrected chi connectivity index (χ2v) is 10.3. The van der Waals surface area contributed by atoms with Crippen LogP contribution in [0.5, 0.6) is 5.75 Å². The minimum atomic E-state index is -0.0952. The summed E-state index contributed by atoms with van der Waals surface area (Å²) >= 11 is 6.90. The number of para-hydroxylation sites is 1. The number of thiocarbonyl (C=S) groups is 1. The Balaban J connectivity index is 1.48. The lowest BCUT2D eigenvalue weighted by Gasteiger charge is -2.14. The monoisotopic (exact) mass is 523 g/mol. The molecule has 1 aliphatic heterocycles. The van der Waals surface area contributed by atoms with Crippen LogP contribution in [0, 0.1) is 6.92 Å². The fourth-order valence-corrected chi connectivity index (χ4v) is 5.19. The zero-order valence-electron chi connectivity index (χ0n) is 20.3. The van der Waals surface area contributed by atoms with E-state index < -0.39 is 0 Å². The van der Waals surface area contributed by atoms with Gasteiger partial charge in [0, 0.05) is 17.3 Å². The van der Waals surface area contributed by atoms with E-state index in [1.807, 2.05) is 103 Å². The third-order valence-electron chi connectivity index (χ3n) is 5.88. The molecule has 3 aromatic carbocycles. The molecular weight excluding hydrogens is 498 g/mol. The van der Waals surface area contributed by atoms with Crippen molar-refractivity contribution in [3.8, 4) is 22.7 Å². The van der Waals surface area contributed by atoms with Gasteiger partial charge in [0.15, 0.2) is 0 Å². The van der Waals surface area contributed by atoms with Crippen LogP contribution in [0.25, 0.3) is 23.0 Å². The van der Waals surface area contributed by atoms with Crippen molar-refractivity contribution in [1.29, 1.82) is 0 Å². The minimum Gasteiger partial charge on any atom is -0.490 e. The molecule has 1 saturated heterocycles. The third kappa shape index (κ3) is 5.58. The number of carbonyl (C=O) groups excluding carboxylic acids is 1. The van der Waals surface area contributed by atoms with Gasteiger partial charge in [0.25, 0.3) is 5.91 Å². The van der Waals surface area contributed by atoms with Gasteiger partial charge in [-0.05, 0) is 55.0 Å². The van der Waals surface area contributed by atoms with Gasteiger partial charge in [-0.3, -0.25) is 9.69 Å². The van der Waals surface area contributed by atoms with Gasteiger partial charge in [0.2, 0.25) is 0 Å². The lowest BCUT2D eigenvalue weighted by Crippen LogP contribution is -2.27. The molecule has 7 heteroatoms. The number of amides is 1. The van der Waals surface area contributed by atoms with Crippen LogP contribution in [0.2, 0.25) is 0 Å². The lowest BCUT2D eigenvalue weighted by atomic mass is 10.1. The van der Waals surface area contributed by atoms with Crippen LogP contribution in [-0.4, -0.2) is 31.5 Å². The summed E-state index contributed by atoms with van der Waals surface area (Å²) in [5.41, 5.74) is 5.67. The van der Waals surface area contributed by atoms with E-state index in [0.29, 0.717) is 22.4 Å². The number of thioether (sulfide) groups is 1. The van der Waals surface area contributed by atoms with Crippen molar-refractivity contribution in [2.45, 2.75) is 13.5 Å². The average molecular weight is 524 g/mol. The summed E-state index contributed by atoms with van der Waals surface area (Å²) in [6, 6.07) is 25.8. The molecule has 0 spiro atoms. The normalized spacial score (nSPS) is 14.4. The number of nitrogens with zero attached hydrogens (tertiary/aromatic N) is 3. The first-order valence-corrected chi connectivity index (χ1v) is 13.0. The van der Waals surface area contributed by atoms with Crippen molar-refractivity contribution in [1.82, 2.24) is 14.7 Å². The van der Waals surface area contributed by atoms with Crippen LogP contribution in [0.15, 0.2) is 103 Å². The van der Waals surface area contributed by atoms with Crippen molar-refractivity contribution >= 4 is 40.3 Å². The minimum absolute atomic E-state index is 0.0952. The topological polar surface area (TPSA) is 47.4 Å². The van der Waals surface area contributed by atoms with Gasteiger partial charge in [0.1, 0.15) is 16.7 Å². The van der Waals surface area contributed by atoms with Gasteiger partial charge < -0.3 is 4.74 Å². The Morgan fingerprint density at radius 3 is 2.46 bits per heavy atom.